The average molecular weight is 735 g/mol. The van der Waals surface area contributed by atoms with Gasteiger partial charge in [-0.25, -0.2) is 19.7 Å². The monoisotopic (exact) mass is 734 g/mol. The number of halogens is 2. The molecular formula is C42H61BClFN4OS. The largest absolute Gasteiger partial charge is 0.482 e. The number of nitrogens with zero attached hydrogens (tertiary/aromatic N) is 3. The number of benzene rings is 1. The van der Waals surface area contributed by atoms with Crippen molar-refractivity contribution >= 4 is 40.7 Å². The maximum atomic E-state index is 14.5. The zero-order valence-corrected chi connectivity index (χ0v) is 32.9. The number of anilines is 1. The molecule has 3 aromatic rings. The Hall–Kier alpha value is -2.32. The first-order valence-corrected chi connectivity index (χ1v) is 21.8. The zero-order valence-electron chi connectivity index (χ0n) is 31.3. The van der Waals surface area contributed by atoms with E-state index in [1.807, 2.05) is 19.2 Å². The number of nitrogens with two attached hydrogens (primary N) is 1. The summed E-state index contributed by atoms with van der Waals surface area (Å²) in [4.78, 5) is 4.47. The van der Waals surface area contributed by atoms with Gasteiger partial charge in [-0.1, -0.05) is 120 Å². The van der Waals surface area contributed by atoms with Crippen molar-refractivity contribution in [1.29, 1.82) is 0 Å². The van der Waals surface area contributed by atoms with Gasteiger partial charge in [-0.05, 0) is 80.2 Å². The molecule has 9 heteroatoms. The highest BCUT2D eigenvalue weighted by molar-refractivity contribution is 8.32. The Bertz CT molecular complexity index is 1550. The van der Waals surface area contributed by atoms with Crippen molar-refractivity contribution in [1.82, 2.24) is 14.8 Å². The molecular weight excluding hydrogens is 674 g/mol. The van der Waals surface area contributed by atoms with E-state index in [0.29, 0.717) is 28.0 Å². The molecule has 1 spiro atoms. The van der Waals surface area contributed by atoms with Crippen LogP contribution in [-0.4, -0.2) is 33.0 Å². The molecule has 2 aromatic heterocycles. The molecule has 3 atom stereocenters. The first-order valence-electron chi connectivity index (χ1n) is 19.9. The Morgan fingerprint density at radius 1 is 0.961 bits per heavy atom. The lowest BCUT2D eigenvalue weighted by Crippen LogP contribution is -2.35. The van der Waals surface area contributed by atoms with E-state index in [0.717, 1.165) is 42.4 Å². The molecule has 0 amide bonds. The summed E-state index contributed by atoms with van der Waals surface area (Å²) in [6.07, 6.45) is 31.6. The van der Waals surface area contributed by atoms with Crippen LogP contribution in [0.5, 0.6) is 5.75 Å². The van der Waals surface area contributed by atoms with E-state index in [1.54, 1.807) is 12.3 Å². The number of hydrogen-bond acceptors (Lipinski definition) is 4. The van der Waals surface area contributed by atoms with Crippen LogP contribution in [0.25, 0.3) is 11.1 Å². The number of aryl methyl sites for hydroxylation is 1. The fourth-order valence-electron chi connectivity index (χ4n) is 8.98. The van der Waals surface area contributed by atoms with E-state index in [1.165, 1.54) is 115 Å². The quantitative estimate of drug-likeness (QED) is 0.185. The fourth-order valence-corrected chi connectivity index (χ4v) is 10.8. The van der Waals surface area contributed by atoms with Gasteiger partial charge in [0.15, 0.2) is 18.7 Å². The summed E-state index contributed by atoms with van der Waals surface area (Å²) < 4.78 is 23.0. The van der Waals surface area contributed by atoms with Crippen LogP contribution >= 0.6 is 21.9 Å². The molecule has 278 valence electrons. The molecule has 2 radical (unpaired) electrons. The van der Waals surface area contributed by atoms with E-state index in [9.17, 15) is 4.39 Å². The van der Waals surface area contributed by atoms with Crippen molar-refractivity contribution in [3.63, 3.8) is 0 Å². The summed E-state index contributed by atoms with van der Waals surface area (Å²) in [5, 5.41) is 5.55. The molecule has 2 saturated carbocycles. The van der Waals surface area contributed by atoms with Gasteiger partial charge in [0.2, 0.25) is 0 Å². The van der Waals surface area contributed by atoms with E-state index >= 15 is 0 Å². The highest BCUT2D eigenvalue weighted by atomic mass is 35.5. The van der Waals surface area contributed by atoms with Crippen LogP contribution < -0.4 is 10.5 Å². The van der Waals surface area contributed by atoms with Crippen LogP contribution in [0.4, 0.5) is 10.2 Å². The minimum absolute atomic E-state index is 0.0990. The zero-order chi connectivity index (χ0) is 36.2. The number of pyridine rings is 1. The predicted octanol–water partition coefficient (Wildman–Crippen LogP) is 12.5. The summed E-state index contributed by atoms with van der Waals surface area (Å²) in [6, 6.07) is 5.50. The van der Waals surface area contributed by atoms with Gasteiger partial charge < -0.3 is 10.5 Å². The van der Waals surface area contributed by atoms with Crippen molar-refractivity contribution in [2.75, 3.05) is 5.73 Å². The molecule has 2 aliphatic carbocycles. The second-order valence-electron chi connectivity index (χ2n) is 15.4. The highest BCUT2D eigenvalue weighted by Gasteiger charge is 2.37. The van der Waals surface area contributed by atoms with E-state index in [4.69, 9.17) is 34.3 Å². The number of hydrogen-bond donors (Lipinski definition) is 1. The van der Waals surface area contributed by atoms with E-state index in [-0.39, 0.29) is 21.2 Å². The third-order valence-corrected chi connectivity index (χ3v) is 13.6. The number of nitrogen functional groups attached to an aromatic ring is 1. The Morgan fingerprint density at radius 3 is 2.22 bits per heavy atom. The number of rotatable bonds is 8. The average Bonchev–Trinajstić information content (AvgIpc) is 3.58. The first kappa shape index (κ1) is 39.9. The molecule has 51 heavy (non-hydrogen) atoms. The molecule has 2 heterocycles. The van der Waals surface area contributed by atoms with Gasteiger partial charge in [-0.3, -0.25) is 4.68 Å². The van der Waals surface area contributed by atoms with Crippen LogP contribution in [0.1, 0.15) is 166 Å². The lowest BCUT2D eigenvalue weighted by atomic mass is 9.70. The summed E-state index contributed by atoms with van der Waals surface area (Å²) >= 11 is 6.46. The molecule has 1 aromatic carbocycles. The van der Waals surface area contributed by atoms with Gasteiger partial charge in [0.1, 0.15) is 11.9 Å². The van der Waals surface area contributed by atoms with Crippen LogP contribution in [0.3, 0.4) is 0 Å². The smallest absolute Gasteiger partial charge is 0.166 e. The van der Waals surface area contributed by atoms with Gasteiger partial charge in [0, 0.05) is 29.1 Å². The van der Waals surface area contributed by atoms with Gasteiger partial charge in [-0.2, -0.15) is 5.10 Å². The highest BCUT2D eigenvalue weighted by Crippen LogP contribution is 2.49. The maximum Gasteiger partial charge on any atom is 0.166 e. The maximum absolute atomic E-state index is 14.5. The van der Waals surface area contributed by atoms with Crippen LogP contribution in [0.15, 0.2) is 36.8 Å². The van der Waals surface area contributed by atoms with Gasteiger partial charge in [0.05, 0.1) is 17.3 Å². The molecule has 3 unspecified atom stereocenters. The van der Waals surface area contributed by atoms with Crippen molar-refractivity contribution in [2.24, 2.45) is 5.41 Å². The minimum atomic E-state index is -0.504. The molecule has 5 nitrogen and oxygen atoms in total. The Balaban J connectivity index is 1.26. The lowest BCUT2D eigenvalue weighted by Gasteiger charge is -2.43. The van der Waals surface area contributed by atoms with Crippen LogP contribution in [0.2, 0.25) is 5.02 Å². The second-order valence-corrected chi connectivity index (χ2v) is 17.3. The van der Waals surface area contributed by atoms with Crippen molar-refractivity contribution in [2.45, 2.75) is 166 Å². The van der Waals surface area contributed by atoms with E-state index in [2.05, 4.69) is 28.7 Å². The topological polar surface area (TPSA) is 66.0 Å². The molecule has 0 bridgehead atoms. The van der Waals surface area contributed by atoms with E-state index < -0.39 is 11.9 Å². The minimum Gasteiger partial charge on any atom is -0.482 e. The molecule has 0 saturated heterocycles. The number of ether oxygens (including phenoxy) is 1. The predicted molar refractivity (Wildman–Crippen MR) is 218 cm³/mol. The molecule has 0 aliphatic heterocycles. The first-order chi connectivity index (χ1) is 24.7. The molecule has 2 N–H and O–H groups in total. The fraction of sp³-hybridized carbons (Fsp3) is 0.643. The SMILES string of the molecule is [B]S(=C)C1CCCCCCCCCC12CCCCCC(n1cc(-c3cnc(N)c(OC(C)c4c(CCC)ccc(F)c4Cl)c3)cn1)CCCCC2. The summed E-state index contributed by atoms with van der Waals surface area (Å²) in [6.45, 7) is 3.97. The standard InChI is InChI=1S/C42H61BClFN4OS/c1-4-18-32-22-23-36(45)40(44)39(32)31(2)50-37-27-33(28-47-41(37)46)34-29-48-49(30-34)35-19-12-10-16-25-42(26-17-11-13-20-35)24-15-9-7-5-6-8-14-21-38(42)51(3)43/h22-23,27-31,35,38H,3-21,24-26H2,1-2H3,(H2,46,47). The molecule has 2 fully saturated rings. The third kappa shape index (κ3) is 10.6. The normalized spacial score (nSPS) is 24.5. The molecule has 5 rings (SSSR count). The summed E-state index contributed by atoms with van der Waals surface area (Å²) in [7, 11) is 6.45. The Morgan fingerprint density at radius 2 is 1.57 bits per heavy atom. The molecule has 2 aliphatic rings. The van der Waals surface area contributed by atoms with Crippen molar-refractivity contribution in [3.8, 4) is 16.9 Å². The Labute approximate surface area is 316 Å². The summed E-state index contributed by atoms with van der Waals surface area (Å²) in [5.74, 6) is 4.76. The third-order valence-electron chi connectivity index (χ3n) is 11.8. The van der Waals surface area contributed by atoms with Crippen LogP contribution in [-0.2, 0) is 6.42 Å². The van der Waals surface area contributed by atoms with Crippen molar-refractivity contribution in [3.05, 3.63) is 58.8 Å². The van der Waals surface area contributed by atoms with Gasteiger partial charge in [-0.15, -0.1) is 0 Å². The van der Waals surface area contributed by atoms with Crippen molar-refractivity contribution < 1.29 is 9.13 Å². The van der Waals surface area contributed by atoms with Gasteiger partial charge in [0.25, 0.3) is 0 Å². The van der Waals surface area contributed by atoms with Crippen LogP contribution in [0, 0.1) is 11.2 Å². The van der Waals surface area contributed by atoms with Gasteiger partial charge >= 0.3 is 0 Å². The Kier molecular flexibility index (Phi) is 15.4. The lowest BCUT2D eigenvalue weighted by molar-refractivity contribution is 0.179. The number of aromatic nitrogens is 3. The second kappa shape index (κ2) is 19.7. The summed E-state index contributed by atoms with van der Waals surface area (Å²) in [5.41, 5.74) is 10.2.